The van der Waals surface area contributed by atoms with E-state index in [9.17, 15) is 4.79 Å². The van der Waals surface area contributed by atoms with Gasteiger partial charge in [-0.25, -0.2) is 0 Å². The van der Waals surface area contributed by atoms with Crippen molar-refractivity contribution in [3.63, 3.8) is 0 Å². The van der Waals surface area contributed by atoms with Crippen molar-refractivity contribution in [3.05, 3.63) is 23.8 Å². The molecule has 1 aromatic rings. The summed E-state index contributed by atoms with van der Waals surface area (Å²) in [4.78, 5) is 11.0. The minimum absolute atomic E-state index is 0.448. The van der Waals surface area contributed by atoms with Gasteiger partial charge in [-0.05, 0) is 43.7 Å². The minimum atomic E-state index is -0.448. The van der Waals surface area contributed by atoms with Gasteiger partial charge in [-0.15, -0.1) is 0 Å². The Labute approximate surface area is 111 Å². The third-order valence-electron chi connectivity index (χ3n) is 3.41. The zero-order chi connectivity index (χ0) is 13.1. The zero-order valence-electron chi connectivity index (χ0n) is 10.5. The number of carbonyl (C=O) groups is 1. The summed E-state index contributed by atoms with van der Waals surface area (Å²) in [6, 6.07) is 5.65. The maximum Gasteiger partial charge on any atom is 0.248 e. The number of hydrogen-bond acceptors (Lipinski definition) is 4. The Balaban J connectivity index is 2.04. The van der Waals surface area contributed by atoms with Crippen LogP contribution in [0.5, 0.6) is 0 Å². The molecule has 4 nitrogen and oxygen atoms in total. The highest BCUT2D eigenvalue weighted by molar-refractivity contribution is 7.99. The molecule has 0 spiro atoms. The van der Waals surface area contributed by atoms with E-state index in [1.165, 1.54) is 12.8 Å². The van der Waals surface area contributed by atoms with Crippen LogP contribution < -0.4 is 16.8 Å². The minimum Gasteiger partial charge on any atom is -0.397 e. The molecule has 1 aliphatic carbocycles. The molecule has 2 rings (SSSR count). The number of nitrogens with two attached hydrogens (primary N) is 2. The summed E-state index contributed by atoms with van der Waals surface area (Å²) in [5, 5.41) is 4.19. The number of amides is 1. The summed E-state index contributed by atoms with van der Waals surface area (Å²) < 4.78 is 0. The van der Waals surface area contributed by atoms with E-state index >= 15 is 0 Å². The van der Waals surface area contributed by atoms with Crippen LogP contribution >= 0.6 is 11.8 Å². The van der Waals surface area contributed by atoms with Gasteiger partial charge in [-0.1, -0.05) is 0 Å². The first-order valence-corrected chi connectivity index (χ1v) is 7.37. The number of thioether (sulfide) groups is 1. The number of rotatable bonds is 4. The average Bonchev–Trinajstić information content (AvgIpc) is 2.79. The maximum atomic E-state index is 11.0. The van der Waals surface area contributed by atoms with Crippen LogP contribution in [-0.2, 0) is 0 Å². The zero-order valence-corrected chi connectivity index (χ0v) is 11.3. The van der Waals surface area contributed by atoms with E-state index in [-0.39, 0.29) is 0 Å². The molecule has 98 valence electrons. The Kier molecular flexibility index (Phi) is 4.01. The van der Waals surface area contributed by atoms with Crippen LogP contribution in [0.15, 0.2) is 18.2 Å². The normalized spacial score (nSPS) is 22.9. The molecule has 1 aromatic carbocycles. The van der Waals surface area contributed by atoms with E-state index in [1.807, 2.05) is 17.8 Å². The van der Waals surface area contributed by atoms with Gasteiger partial charge < -0.3 is 16.8 Å². The fraction of sp³-hybridized carbons (Fsp3) is 0.462. The number of hydrogen-bond donors (Lipinski definition) is 3. The quantitative estimate of drug-likeness (QED) is 0.728. The monoisotopic (exact) mass is 265 g/mol. The van der Waals surface area contributed by atoms with Crippen molar-refractivity contribution in [3.8, 4) is 0 Å². The van der Waals surface area contributed by atoms with Crippen LogP contribution in [0.4, 0.5) is 11.4 Å². The first-order chi connectivity index (χ1) is 8.60. The molecule has 5 N–H and O–H groups in total. The van der Waals surface area contributed by atoms with Crippen molar-refractivity contribution in [2.45, 2.75) is 30.6 Å². The molecule has 0 saturated heterocycles. The standard InChI is InChI=1S/C13H19N3OS/c1-18-10-4-3-9(7-10)16-12-5-2-8(13(15)17)6-11(12)14/h2,5-6,9-10,16H,3-4,7,14H2,1H3,(H2,15,17). The lowest BCUT2D eigenvalue weighted by atomic mass is 10.1. The highest BCUT2D eigenvalue weighted by Crippen LogP contribution is 2.31. The predicted octanol–water partition coefficient (Wildman–Crippen LogP) is 2.06. The third-order valence-corrected chi connectivity index (χ3v) is 4.51. The van der Waals surface area contributed by atoms with Crippen molar-refractivity contribution < 1.29 is 4.79 Å². The van der Waals surface area contributed by atoms with Crippen molar-refractivity contribution >= 4 is 29.0 Å². The fourth-order valence-electron chi connectivity index (χ4n) is 2.35. The Morgan fingerprint density at radius 2 is 2.22 bits per heavy atom. The summed E-state index contributed by atoms with van der Waals surface area (Å²) in [7, 11) is 0. The van der Waals surface area contributed by atoms with Crippen LogP contribution in [0, 0.1) is 0 Å². The average molecular weight is 265 g/mol. The smallest absolute Gasteiger partial charge is 0.248 e. The van der Waals surface area contributed by atoms with Crippen LogP contribution in [0.1, 0.15) is 29.6 Å². The van der Waals surface area contributed by atoms with E-state index in [4.69, 9.17) is 11.5 Å². The van der Waals surface area contributed by atoms with Gasteiger partial charge in [0.05, 0.1) is 11.4 Å². The molecule has 0 bridgehead atoms. The van der Waals surface area contributed by atoms with Crippen LogP contribution in [0.25, 0.3) is 0 Å². The first kappa shape index (κ1) is 13.1. The number of benzene rings is 1. The second-order valence-electron chi connectivity index (χ2n) is 4.68. The van der Waals surface area contributed by atoms with Gasteiger partial charge in [-0.3, -0.25) is 4.79 Å². The summed E-state index contributed by atoms with van der Waals surface area (Å²) in [6.07, 6.45) is 5.74. The van der Waals surface area contributed by atoms with E-state index in [2.05, 4.69) is 11.6 Å². The molecule has 0 heterocycles. The molecule has 0 aromatic heterocycles. The maximum absolute atomic E-state index is 11.0. The first-order valence-electron chi connectivity index (χ1n) is 6.09. The van der Waals surface area contributed by atoms with Crippen molar-refractivity contribution in [2.75, 3.05) is 17.3 Å². The van der Waals surface area contributed by atoms with Gasteiger partial charge in [0, 0.05) is 16.9 Å². The topological polar surface area (TPSA) is 81.1 Å². The molecular formula is C13H19N3OS. The van der Waals surface area contributed by atoms with E-state index in [0.29, 0.717) is 17.3 Å². The van der Waals surface area contributed by atoms with Gasteiger partial charge in [0.25, 0.3) is 0 Å². The lowest BCUT2D eigenvalue weighted by molar-refractivity contribution is 0.100. The second kappa shape index (κ2) is 5.52. The number of anilines is 2. The Hall–Kier alpha value is -1.36. The molecule has 2 unspecified atom stereocenters. The predicted molar refractivity (Wildman–Crippen MR) is 77.9 cm³/mol. The van der Waals surface area contributed by atoms with E-state index in [0.717, 1.165) is 17.4 Å². The summed E-state index contributed by atoms with van der Waals surface area (Å²) in [5.74, 6) is -0.448. The highest BCUT2D eigenvalue weighted by Gasteiger charge is 2.24. The molecule has 0 radical (unpaired) electrons. The molecule has 5 heteroatoms. The summed E-state index contributed by atoms with van der Waals surface area (Å²) in [6.45, 7) is 0. The van der Waals surface area contributed by atoms with Gasteiger partial charge >= 0.3 is 0 Å². The second-order valence-corrected chi connectivity index (χ2v) is 5.82. The molecule has 1 saturated carbocycles. The summed E-state index contributed by atoms with van der Waals surface area (Å²) >= 11 is 1.92. The van der Waals surface area contributed by atoms with Gasteiger partial charge in [0.15, 0.2) is 0 Å². The van der Waals surface area contributed by atoms with Crippen LogP contribution in [0.3, 0.4) is 0 Å². The number of primary amides is 1. The van der Waals surface area contributed by atoms with E-state index in [1.54, 1.807) is 12.1 Å². The van der Waals surface area contributed by atoms with Gasteiger partial charge in [-0.2, -0.15) is 11.8 Å². The van der Waals surface area contributed by atoms with Crippen molar-refractivity contribution in [1.29, 1.82) is 0 Å². The Morgan fingerprint density at radius 3 is 2.78 bits per heavy atom. The highest BCUT2D eigenvalue weighted by atomic mass is 32.2. The van der Waals surface area contributed by atoms with Crippen LogP contribution in [-0.4, -0.2) is 23.5 Å². The number of nitrogens with one attached hydrogen (secondary N) is 1. The van der Waals surface area contributed by atoms with E-state index < -0.39 is 5.91 Å². The number of nitrogen functional groups attached to an aromatic ring is 1. The van der Waals surface area contributed by atoms with Gasteiger partial charge in [0.1, 0.15) is 0 Å². The van der Waals surface area contributed by atoms with Crippen LogP contribution in [0.2, 0.25) is 0 Å². The summed E-state index contributed by atoms with van der Waals surface area (Å²) in [5.41, 5.74) is 13.1. The molecule has 1 aliphatic rings. The third kappa shape index (κ3) is 2.90. The lowest BCUT2D eigenvalue weighted by Crippen LogP contribution is -2.17. The number of carbonyl (C=O) groups excluding carboxylic acids is 1. The van der Waals surface area contributed by atoms with Gasteiger partial charge in [0.2, 0.25) is 5.91 Å². The molecule has 1 fully saturated rings. The molecule has 18 heavy (non-hydrogen) atoms. The largest absolute Gasteiger partial charge is 0.397 e. The van der Waals surface area contributed by atoms with Crippen molar-refractivity contribution in [2.24, 2.45) is 5.73 Å². The Morgan fingerprint density at radius 1 is 1.44 bits per heavy atom. The fourth-order valence-corrected chi connectivity index (χ4v) is 3.15. The van der Waals surface area contributed by atoms with Crippen molar-refractivity contribution in [1.82, 2.24) is 0 Å². The molecular weight excluding hydrogens is 246 g/mol. The molecule has 2 atom stereocenters. The lowest BCUT2D eigenvalue weighted by Gasteiger charge is -2.16. The SMILES string of the molecule is CSC1CCC(Nc2ccc(C(N)=O)cc2N)C1. The Bertz CT molecular complexity index is 450. The molecule has 1 amide bonds. The molecule has 0 aliphatic heterocycles.